The second-order valence-electron chi connectivity index (χ2n) is 4.01. The van der Waals surface area contributed by atoms with Crippen molar-refractivity contribution in [3.05, 3.63) is 50.7 Å². The Kier molecular flexibility index (Phi) is 4.31. The number of nitriles is 1. The quantitative estimate of drug-likeness (QED) is 0.725. The number of aromatic nitrogens is 1. The Balaban J connectivity index is 2.72. The molecule has 0 fully saturated rings. The summed E-state index contributed by atoms with van der Waals surface area (Å²) in [6.45, 7) is 1.87. The summed E-state index contributed by atoms with van der Waals surface area (Å²) in [5.74, 6) is 0. The van der Waals surface area contributed by atoms with Crippen molar-refractivity contribution in [1.29, 1.82) is 5.26 Å². The van der Waals surface area contributed by atoms with Gasteiger partial charge in [-0.3, -0.25) is 4.98 Å². The first-order chi connectivity index (χ1) is 9.04. The summed E-state index contributed by atoms with van der Waals surface area (Å²) < 4.78 is 0. The van der Waals surface area contributed by atoms with E-state index in [1.807, 2.05) is 13.0 Å². The van der Waals surface area contributed by atoms with Crippen LogP contribution >= 0.6 is 34.8 Å². The molecule has 2 nitrogen and oxygen atoms in total. The lowest BCUT2D eigenvalue weighted by molar-refractivity contribution is 1.15. The fraction of sp³-hybridized carbons (Fsp3) is 0.143. The predicted octanol–water partition coefficient (Wildman–Crippen LogP) is 5.08. The SMILES string of the molecule is Cc1nccc(CC#N)c1-c1cc(Cl)c(Cl)cc1Cl. The number of rotatable bonds is 2. The Bertz CT molecular complexity index is 675. The molecule has 0 atom stereocenters. The van der Waals surface area contributed by atoms with E-state index in [1.54, 1.807) is 18.3 Å². The van der Waals surface area contributed by atoms with Gasteiger partial charge in [-0.2, -0.15) is 5.26 Å². The lowest BCUT2D eigenvalue weighted by Crippen LogP contribution is -1.95. The van der Waals surface area contributed by atoms with Gasteiger partial charge in [0.15, 0.2) is 0 Å². The molecule has 19 heavy (non-hydrogen) atoms. The standard InChI is InChI=1S/C14H9Cl3N2/c1-8-14(9(2-4-18)3-5-19-8)10-6-12(16)13(17)7-11(10)15/h3,5-7H,2H2,1H3. The van der Waals surface area contributed by atoms with Crippen LogP contribution in [0, 0.1) is 18.3 Å². The number of hydrogen-bond acceptors (Lipinski definition) is 2. The van der Waals surface area contributed by atoms with E-state index in [9.17, 15) is 0 Å². The Labute approximate surface area is 126 Å². The van der Waals surface area contributed by atoms with Crippen LogP contribution in [-0.4, -0.2) is 4.98 Å². The lowest BCUT2D eigenvalue weighted by Gasteiger charge is -2.12. The van der Waals surface area contributed by atoms with Crippen molar-refractivity contribution in [2.75, 3.05) is 0 Å². The first-order valence-corrected chi connectivity index (χ1v) is 6.64. The summed E-state index contributed by atoms with van der Waals surface area (Å²) in [5.41, 5.74) is 3.25. The third-order valence-corrected chi connectivity index (χ3v) is 3.81. The molecule has 5 heteroatoms. The third kappa shape index (κ3) is 2.84. The summed E-state index contributed by atoms with van der Waals surface area (Å²) in [6.07, 6.45) is 1.96. The van der Waals surface area contributed by atoms with Gasteiger partial charge < -0.3 is 0 Å². The van der Waals surface area contributed by atoms with E-state index in [4.69, 9.17) is 40.1 Å². The van der Waals surface area contributed by atoms with Gasteiger partial charge in [0, 0.05) is 23.0 Å². The minimum atomic E-state index is 0.287. The molecule has 0 aliphatic rings. The molecule has 96 valence electrons. The number of benzene rings is 1. The van der Waals surface area contributed by atoms with Crippen molar-refractivity contribution in [1.82, 2.24) is 4.98 Å². The molecule has 0 saturated heterocycles. The third-order valence-electron chi connectivity index (χ3n) is 2.78. The van der Waals surface area contributed by atoms with Gasteiger partial charge in [-0.25, -0.2) is 0 Å². The zero-order valence-electron chi connectivity index (χ0n) is 10.0. The molecule has 0 N–H and O–H groups in total. The van der Waals surface area contributed by atoms with Crippen LogP contribution in [0.3, 0.4) is 0 Å². The van der Waals surface area contributed by atoms with Crippen LogP contribution in [0.2, 0.25) is 15.1 Å². The molecule has 0 aliphatic heterocycles. The number of nitrogens with zero attached hydrogens (tertiary/aromatic N) is 2. The monoisotopic (exact) mass is 310 g/mol. The van der Waals surface area contributed by atoms with Crippen LogP contribution in [0.25, 0.3) is 11.1 Å². The summed E-state index contributed by atoms with van der Waals surface area (Å²) in [7, 11) is 0. The molecular weight excluding hydrogens is 303 g/mol. The molecule has 0 amide bonds. The molecule has 0 unspecified atom stereocenters. The second kappa shape index (κ2) is 5.79. The Hall–Kier alpha value is -1.27. The van der Waals surface area contributed by atoms with Crippen LogP contribution in [0.1, 0.15) is 11.3 Å². The number of pyridine rings is 1. The van der Waals surface area contributed by atoms with Crippen LogP contribution in [0.15, 0.2) is 24.4 Å². The number of halogens is 3. The Morgan fingerprint density at radius 1 is 1.16 bits per heavy atom. The van der Waals surface area contributed by atoms with Gasteiger partial charge >= 0.3 is 0 Å². The normalized spacial score (nSPS) is 10.3. The highest BCUT2D eigenvalue weighted by Gasteiger charge is 2.14. The van der Waals surface area contributed by atoms with Crippen LogP contribution in [-0.2, 0) is 6.42 Å². The lowest BCUT2D eigenvalue weighted by atomic mass is 9.97. The van der Waals surface area contributed by atoms with E-state index in [2.05, 4.69) is 11.1 Å². The summed E-state index contributed by atoms with van der Waals surface area (Å²) in [6, 6.07) is 7.25. The van der Waals surface area contributed by atoms with Crippen LogP contribution in [0.4, 0.5) is 0 Å². The molecule has 2 aromatic rings. The fourth-order valence-corrected chi connectivity index (χ4v) is 2.58. The van der Waals surface area contributed by atoms with Gasteiger partial charge in [-0.1, -0.05) is 34.8 Å². The Morgan fingerprint density at radius 3 is 2.53 bits per heavy atom. The smallest absolute Gasteiger partial charge is 0.0669 e. The highest BCUT2D eigenvalue weighted by molar-refractivity contribution is 6.44. The average Bonchev–Trinajstić information content (AvgIpc) is 2.35. The largest absolute Gasteiger partial charge is 0.261 e. The topological polar surface area (TPSA) is 36.7 Å². The molecule has 1 heterocycles. The zero-order valence-corrected chi connectivity index (χ0v) is 12.3. The molecule has 1 aromatic carbocycles. The maximum atomic E-state index is 8.90. The van der Waals surface area contributed by atoms with Crippen molar-refractivity contribution >= 4 is 34.8 Å². The highest BCUT2D eigenvalue weighted by Crippen LogP contribution is 2.37. The van der Waals surface area contributed by atoms with Gasteiger partial charge in [0.1, 0.15) is 0 Å². The van der Waals surface area contributed by atoms with Crippen molar-refractivity contribution in [3.8, 4) is 17.2 Å². The van der Waals surface area contributed by atoms with E-state index in [0.29, 0.717) is 15.1 Å². The molecule has 0 radical (unpaired) electrons. The van der Waals surface area contributed by atoms with E-state index >= 15 is 0 Å². The average molecular weight is 312 g/mol. The minimum absolute atomic E-state index is 0.287. The van der Waals surface area contributed by atoms with Crippen LogP contribution < -0.4 is 0 Å². The van der Waals surface area contributed by atoms with Gasteiger partial charge in [0.25, 0.3) is 0 Å². The molecule has 0 spiro atoms. The maximum absolute atomic E-state index is 8.90. The van der Waals surface area contributed by atoms with E-state index in [1.165, 1.54) is 0 Å². The number of aryl methyl sites for hydroxylation is 1. The molecule has 1 aromatic heterocycles. The van der Waals surface area contributed by atoms with Gasteiger partial charge in [0.2, 0.25) is 0 Å². The summed E-state index contributed by atoms with van der Waals surface area (Å²) in [4.78, 5) is 4.25. The van der Waals surface area contributed by atoms with Crippen molar-refractivity contribution in [2.45, 2.75) is 13.3 Å². The first-order valence-electron chi connectivity index (χ1n) is 5.51. The molecule has 0 aliphatic carbocycles. The van der Waals surface area contributed by atoms with E-state index in [-0.39, 0.29) is 6.42 Å². The zero-order chi connectivity index (χ0) is 14.0. The fourth-order valence-electron chi connectivity index (χ4n) is 1.93. The van der Waals surface area contributed by atoms with Gasteiger partial charge in [0.05, 0.1) is 27.6 Å². The molecule has 0 bridgehead atoms. The van der Waals surface area contributed by atoms with Crippen LogP contribution in [0.5, 0.6) is 0 Å². The predicted molar refractivity (Wildman–Crippen MR) is 78.8 cm³/mol. The first kappa shape index (κ1) is 14.1. The van der Waals surface area contributed by atoms with E-state index in [0.717, 1.165) is 22.4 Å². The molecular formula is C14H9Cl3N2. The summed E-state index contributed by atoms with van der Waals surface area (Å²) >= 11 is 18.2. The van der Waals surface area contributed by atoms with E-state index < -0.39 is 0 Å². The maximum Gasteiger partial charge on any atom is 0.0669 e. The van der Waals surface area contributed by atoms with Crippen molar-refractivity contribution < 1.29 is 0 Å². The Morgan fingerprint density at radius 2 is 1.84 bits per heavy atom. The van der Waals surface area contributed by atoms with Gasteiger partial charge in [-0.05, 0) is 30.7 Å². The number of hydrogen-bond donors (Lipinski definition) is 0. The van der Waals surface area contributed by atoms with Crippen molar-refractivity contribution in [3.63, 3.8) is 0 Å². The molecule has 0 saturated carbocycles. The second-order valence-corrected chi connectivity index (χ2v) is 5.23. The van der Waals surface area contributed by atoms with Gasteiger partial charge in [-0.15, -0.1) is 0 Å². The van der Waals surface area contributed by atoms with Crippen molar-refractivity contribution in [2.24, 2.45) is 0 Å². The molecule has 2 rings (SSSR count). The summed E-state index contributed by atoms with van der Waals surface area (Å²) in [5, 5.41) is 10.2. The minimum Gasteiger partial charge on any atom is -0.261 e. The highest BCUT2D eigenvalue weighted by atomic mass is 35.5.